The number of esters is 1. The van der Waals surface area contributed by atoms with Crippen LogP contribution in [0.2, 0.25) is 0 Å². The number of carbonyl (C=O) groups is 2. The Morgan fingerprint density at radius 2 is 1.65 bits per heavy atom. The molecule has 0 unspecified atom stereocenters. The molecule has 0 saturated heterocycles. The predicted octanol–water partition coefficient (Wildman–Crippen LogP) is 3.75. The van der Waals surface area contributed by atoms with Crippen molar-refractivity contribution in [2.75, 3.05) is 31.6 Å². The van der Waals surface area contributed by atoms with Crippen LogP contribution in [-0.4, -0.2) is 43.0 Å². The molecule has 0 bridgehead atoms. The zero-order chi connectivity index (χ0) is 18.9. The van der Waals surface area contributed by atoms with Crippen LogP contribution in [0, 0.1) is 6.92 Å². The van der Waals surface area contributed by atoms with E-state index in [4.69, 9.17) is 4.74 Å². The van der Waals surface area contributed by atoms with Gasteiger partial charge in [-0.05, 0) is 55.9 Å². The molecule has 1 N–H and O–H groups in total. The van der Waals surface area contributed by atoms with Gasteiger partial charge in [-0.15, -0.1) is 0 Å². The van der Waals surface area contributed by atoms with Gasteiger partial charge in [-0.1, -0.05) is 32.0 Å². The maximum atomic E-state index is 12.3. The predicted molar refractivity (Wildman–Crippen MR) is 104 cm³/mol. The zero-order valence-electron chi connectivity index (χ0n) is 15.6. The summed E-state index contributed by atoms with van der Waals surface area (Å²) in [6.45, 7) is 9.01. The number of amides is 1. The van der Waals surface area contributed by atoms with Gasteiger partial charge in [0.1, 0.15) is 6.61 Å². The Bertz CT molecular complexity index is 737. The Hall–Kier alpha value is -2.66. The monoisotopic (exact) mass is 354 g/mol. The SMILES string of the molecule is CCN(CC)CCOC(=O)c1ccc(NC(=O)c2ccccc2C)cc1. The Labute approximate surface area is 155 Å². The Kier molecular flexibility index (Phi) is 7.36. The van der Waals surface area contributed by atoms with Crippen LogP contribution < -0.4 is 5.32 Å². The summed E-state index contributed by atoms with van der Waals surface area (Å²) in [6, 6.07) is 14.1. The summed E-state index contributed by atoms with van der Waals surface area (Å²) < 4.78 is 5.30. The van der Waals surface area contributed by atoms with Gasteiger partial charge in [0.25, 0.3) is 5.91 Å². The zero-order valence-corrected chi connectivity index (χ0v) is 15.6. The molecule has 5 nitrogen and oxygen atoms in total. The molecule has 2 aromatic rings. The maximum Gasteiger partial charge on any atom is 0.338 e. The van der Waals surface area contributed by atoms with Gasteiger partial charge in [-0.2, -0.15) is 0 Å². The van der Waals surface area contributed by atoms with Crippen LogP contribution in [0.4, 0.5) is 5.69 Å². The Morgan fingerprint density at radius 1 is 1.00 bits per heavy atom. The number of hydrogen-bond donors (Lipinski definition) is 1. The molecule has 0 aliphatic carbocycles. The second kappa shape index (κ2) is 9.73. The van der Waals surface area contributed by atoms with Crippen molar-refractivity contribution >= 4 is 17.6 Å². The summed E-state index contributed by atoms with van der Waals surface area (Å²) in [5.41, 5.74) is 2.65. The highest BCUT2D eigenvalue weighted by Gasteiger charge is 2.11. The molecular formula is C21H26N2O3. The average Bonchev–Trinajstić information content (AvgIpc) is 2.66. The van der Waals surface area contributed by atoms with E-state index in [2.05, 4.69) is 24.1 Å². The number of nitrogens with zero attached hydrogens (tertiary/aromatic N) is 1. The molecule has 2 aromatic carbocycles. The topological polar surface area (TPSA) is 58.6 Å². The minimum Gasteiger partial charge on any atom is -0.461 e. The minimum absolute atomic E-state index is 0.169. The van der Waals surface area contributed by atoms with Crippen molar-refractivity contribution in [2.24, 2.45) is 0 Å². The quantitative estimate of drug-likeness (QED) is 0.734. The molecule has 138 valence electrons. The number of anilines is 1. The summed E-state index contributed by atoms with van der Waals surface area (Å²) in [4.78, 5) is 26.6. The van der Waals surface area contributed by atoms with Gasteiger partial charge in [0, 0.05) is 17.8 Å². The standard InChI is InChI=1S/C21H26N2O3/c1-4-23(5-2)14-15-26-21(25)17-10-12-18(13-11-17)22-20(24)19-9-7-6-8-16(19)3/h6-13H,4-5,14-15H2,1-3H3,(H,22,24). The minimum atomic E-state index is -0.353. The van der Waals surface area contributed by atoms with Crippen molar-refractivity contribution in [2.45, 2.75) is 20.8 Å². The molecule has 2 rings (SSSR count). The van der Waals surface area contributed by atoms with Crippen molar-refractivity contribution in [1.29, 1.82) is 0 Å². The number of rotatable bonds is 8. The van der Waals surface area contributed by atoms with E-state index in [1.54, 1.807) is 30.3 Å². The third kappa shape index (κ3) is 5.43. The van der Waals surface area contributed by atoms with Gasteiger partial charge in [0.2, 0.25) is 0 Å². The van der Waals surface area contributed by atoms with Crippen LogP contribution in [-0.2, 0) is 4.74 Å². The molecular weight excluding hydrogens is 328 g/mol. The second-order valence-electron chi connectivity index (χ2n) is 6.01. The van der Waals surface area contributed by atoms with Crippen molar-refractivity contribution in [3.63, 3.8) is 0 Å². The van der Waals surface area contributed by atoms with Crippen LogP contribution >= 0.6 is 0 Å². The highest BCUT2D eigenvalue weighted by Crippen LogP contribution is 2.14. The summed E-state index contributed by atoms with van der Waals surface area (Å²) in [5.74, 6) is -0.522. The number of carbonyl (C=O) groups excluding carboxylic acids is 2. The molecule has 0 radical (unpaired) electrons. The van der Waals surface area contributed by atoms with Gasteiger partial charge in [0.05, 0.1) is 5.56 Å². The molecule has 0 atom stereocenters. The van der Waals surface area contributed by atoms with Crippen LogP contribution in [0.25, 0.3) is 0 Å². The van der Waals surface area contributed by atoms with Gasteiger partial charge >= 0.3 is 5.97 Å². The summed E-state index contributed by atoms with van der Waals surface area (Å²) in [5, 5.41) is 2.84. The molecule has 0 fully saturated rings. The van der Waals surface area contributed by atoms with E-state index in [1.165, 1.54) is 0 Å². The lowest BCUT2D eigenvalue weighted by molar-refractivity contribution is 0.0466. The molecule has 0 aliphatic rings. The van der Waals surface area contributed by atoms with Gasteiger partial charge in [-0.25, -0.2) is 4.79 Å². The van der Waals surface area contributed by atoms with Crippen molar-refractivity contribution in [3.05, 3.63) is 65.2 Å². The average molecular weight is 354 g/mol. The largest absolute Gasteiger partial charge is 0.461 e. The van der Waals surface area contributed by atoms with E-state index < -0.39 is 0 Å². The van der Waals surface area contributed by atoms with E-state index in [0.29, 0.717) is 23.4 Å². The molecule has 26 heavy (non-hydrogen) atoms. The fourth-order valence-corrected chi connectivity index (χ4v) is 2.61. The van der Waals surface area contributed by atoms with Gasteiger partial charge < -0.3 is 15.0 Å². The maximum absolute atomic E-state index is 12.3. The number of benzene rings is 2. The fourth-order valence-electron chi connectivity index (χ4n) is 2.61. The lowest BCUT2D eigenvalue weighted by Crippen LogP contribution is -2.27. The molecule has 1 amide bonds. The van der Waals surface area contributed by atoms with Crippen LogP contribution in [0.15, 0.2) is 48.5 Å². The van der Waals surface area contributed by atoms with Gasteiger partial charge in [-0.3, -0.25) is 4.79 Å². The molecule has 0 spiro atoms. The van der Waals surface area contributed by atoms with Crippen molar-refractivity contribution in [3.8, 4) is 0 Å². The molecule has 0 aromatic heterocycles. The van der Waals surface area contributed by atoms with E-state index >= 15 is 0 Å². The number of nitrogens with one attached hydrogen (secondary N) is 1. The number of aryl methyl sites for hydroxylation is 1. The Balaban J connectivity index is 1.90. The summed E-state index contributed by atoms with van der Waals surface area (Å²) >= 11 is 0. The number of ether oxygens (including phenoxy) is 1. The van der Waals surface area contributed by atoms with Crippen LogP contribution in [0.3, 0.4) is 0 Å². The normalized spacial score (nSPS) is 10.6. The first-order valence-corrected chi connectivity index (χ1v) is 8.91. The summed E-state index contributed by atoms with van der Waals surface area (Å²) in [6.07, 6.45) is 0. The van der Waals surface area contributed by atoms with E-state index in [0.717, 1.165) is 25.2 Å². The molecule has 0 saturated carbocycles. The fraction of sp³-hybridized carbons (Fsp3) is 0.333. The molecule has 0 heterocycles. The lowest BCUT2D eigenvalue weighted by Gasteiger charge is -2.17. The highest BCUT2D eigenvalue weighted by atomic mass is 16.5. The number of likely N-dealkylation sites (N-methyl/N-ethyl adjacent to an activating group) is 1. The second-order valence-corrected chi connectivity index (χ2v) is 6.01. The van der Waals surface area contributed by atoms with Gasteiger partial charge in [0.15, 0.2) is 0 Å². The smallest absolute Gasteiger partial charge is 0.338 e. The van der Waals surface area contributed by atoms with Crippen LogP contribution in [0.5, 0.6) is 0 Å². The third-order valence-corrected chi connectivity index (χ3v) is 4.30. The summed E-state index contributed by atoms with van der Waals surface area (Å²) in [7, 11) is 0. The third-order valence-electron chi connectivity index (χ3n) is 4.30. The first kappa shape index (κ1) is 19.7. The lowest BCUT2D eigenvalue weighted by atomic mass is 10.1. The first-order chi connectivity index (χ1) is 12.5. The van der Waals surface area contributed by atoms with E-state index in [-0.39, 0.29) is 11.9 Å². The first-order valence-electron chi connectivity index (χ1n) is 8.91. The highest BCUT2D eigenvalue weighted by molar-refractivity contribution is 6.05. The van der Waals surface area contributed by atoms with E-state index in [9.17, 15) is 9.59 Å². The molecule has 5 heteroatoms. The van der Waals surface area contributed by atoms with Crippen molar-refractivity contribution in [1.82, 2.24) is 4.90 Å². The Morgan fingerprint density at radius 3 is 2.27 bits per heavy atom. The van der Waals surface area contributed by atoms with E-state index in [1.807, 2.05) is 25.1 Å². The number of hydrogen-bond acceptors (Lipinski definition) is 4. The van der Waals surface area contributed by atoms with Crippen molar-refractivity contribution < 1.29 is 14.3 Å². The molecule has 0 aliphatic heterocycles. The van der Waals surface area contributed by atoms with Crippen LogP contribution in [0.1, 0.15) is 40.1 Å².